The molecule has 70 valence electrons. The lowest BCUT2D eigenvalue weighted by molar-refractivity contribution is 1.58. The van der Waals surface area contributed by atoms with Crippen molar-refractivity contribution in [3.8, 4) is 0 Å². The molecule has 0 bridgehead atoms. The van der Waals surface area contributed by atoms with Gasteiger partial charge in [0.15, 0.2) is 0 Å². The largest absolute Gasteiger partial charge is 0.144 e. The molecule has 2 rings (SSSR count). The normalized spacial score (nSPS) is 11.6. The predicted molar refractivity (Wildman–Crippen MR) is 64.3 cm³/mol. The van der Waals surface area contributed by atoms with Crippen LogP contribution in [0.2, 0.25) is 0 Å². The Kier molecular flexibility index (Phi) is 2.80. The molecule has 0 spiro atoms. The summed E-state index contributed by atoms with van der Waals surface area (Å²) in [5, 5.41) is 2.10. The minimum Gasteiger partial charge on any atom is -0.144 e. The summed E-state index contributed by atoms with van der Waals surface area (Å²) in [7, 11) is 0. The van der Waals surface area contributed by atoms with E-state index in [2.05, 4.69) is 54.8 Å². The molecule has 14 heavy (non-hydrogen) atoms. The first-order valence-electron chi connectivity index (χ1n) is 4.63. The van der Waals surface area contributed by atoms with Crippen molar-refractivity contribution in [2.45, 2.75) is 6.92 Å². The maximum absolute atomic E-state index is 2.22. The van der Waals surface area contributed by atoms with Crippen LogP contribution in [-0.2, 0) is 0 Å². The first kappa shape index (κ1) is 9.22. The van der Waals surface area contributed by atoms with Gasteiger partial charge in [-0.05, 0) is 35.6 Å². The number of hydrogen-bond donors (Lipinski definition) is 0. The van der Waals surface area contributed by atoms with E-state index < -0.39 is 0 Å². The highest BCUT2D eigenvalue weighted by Crippen LogP contribution is 2.19. The van der Waals surface area contributed by atoms with Crippen molar-refractivity contribution in [1.82, 2.24) is 0 Å². The Labute approximate surface area is 88.5 Å². The van der Waals surface area contributed by atoms with Crippen LogP contribution in [0.1, 0.15) is 17.4 Å². The molecular weight excluding hydrogens is 188 g/mol. The van der Waals surface area contributed by atoms with Gasteiger partial charge in [0.1, 0.15) is 0 Å². The molecule has 1 heterocycles. The van der Waals surface area contributed by atoms with Gasteiger partial charge in [0.05, 0.1) is 0 Å². The lowest BCUT2D eigenvalue weighted by atomic mass is 10.1. The molecule has 2 aromatic rings. The smallest absolute Gasteiger partial charge is 0.0273 e. The van der Waals surface area contributed by atoms with Gasteiger partial charge in [0, 0.05) is 4.88 Å². The van der Waals surface area contributed by atoms with Gasteiger partial charge < -0.3 is 0 Å². The highest BCUT2D eigenvalue weighted by atomic mass is 32.1. The molecule has 0 fully saturated rings. The Balaban J connectivity index is 2.29. The Morgan fingerprint density at radius 2 is 1.86 bits per heavy atom. The first-order chi connectivity index (χ1) is 6.86. The van der Waals surface area contributed by atoms with Crippen molar-refractivity contribution in [1.29, 1.82) is 0 Å². The van der Waals surface area contributed by atoms with E-state index in [0.717, 1.165) is 0 Å². The van der Waals surface area contributed by atoms with E-state index in [1.54, 1.807) is 11.3 Å². The lowest BCUT2D eigenvalue weighted by Crippen LogP contribution is -1.76. The second-order valence-electron chi connectivity index (χ2n) is 3.21. The number of benzene rings is 1. The monoisotopic (exact) mass is 200 g/mol. The third kappa shape index (κ3) is 2.12. The van der Waals surface area contributed by atoms with Crippen LogP contribution in [0.15, 0.2) is 47.8 Å². The topological polar surface area (TPSA) is 0 Å². The van der Waals surface area contributed by atoms with E-state index in [1.165, 1.54) is 16.0 Å². The van der Waals surface area contributed by atoms with Crippen molar-refractivity contribution in [3.05, 3.63) is 58.3 Å². The Hall–Kier alpha value is -1.34. The maximum Gasteiger partial charge on any atom is 0.0273 e. The van der Waals surface area contributed by atoms with Gasteiger partial charge in [-0.25, -0.2) is 0 Å². The van der Waals surface area contributed by atoms with Crippen LogP contribution in [-0.4, -0.2) is 0 Å². The van der Waals surface area contributed by atoms with Crippen molar-refractivity contribution >= 4 is 23.0 Å². The summed E-state index contributed by atoms with van der Waals surface area (Å²) >= 11 is 1.77. The zero-order valence-electron chi connectivity index (χ0n) is 8.10. The van der Waals surface area contributed by atoms with Gasteiger partial charge >= 0.3 is 0 Å². The summed E-state index contributed by atoms with van der Waals surface area (Å²) in [6.07, 6.45) is 2.22. The summed E-state index contributed by atoms with van der Waals surface area (Å²) in [6.45, 7) is 2.15. The van der Waals surface area contributed by atoms with Crippen LogP contribution < -0.4 is 0 Å². The van der Waals surface area contributed by atoms with E-state index in [9.17, 15) is 0 Å². The lowest BCUT2D eigenvalue weighted by Gasteiger charge is -1.99. The molecule has 0 atom stereocenters. The molecule has 0 radical (unpaired) electrons. The molecule has 0 saturated heterocycles. The highest BCUT2D eigenvalue weighted by Gasteiger charge is 1.94. The van der Waals surface area contributed by atoms with Crippen molar-refractivity contribution in [2.75, 3.05) is 0 Å². The van der Waals surface area contributed by atoms with Crippen LogP contribution in [0.5, 0.6) is 0 Å². The van der Waals surface area contributed by atoms with Gasteiger partial charge in [-0.3, -0.25) is 0 Å². The van der Waals surface area contributed by atoms with Crippen molar-refractivity contribution < 1.29 is 0 Å². The molecule has 0 aliphatic heterocycles. The molecule has 1 aromatic carbocycles. The molecule has 0 saturated carbocycles. The SMILES string of the molecule is CC(=Cc1cccs1)c1ccccc1. The molecule has 1 aromatic heterocycles. The van der Waals surface area contributed by atoms with E-state index in [-0.39, 0.29) is 0 Å². The van der Waals surface area contributed by atoms with Crippen LogP contribution in [0.3, 0.4) is 0 Å². The molecule has 0 nitrogen and oxygen atoms in total. The number of hydrogen-bond acceptors (Lipinski definition) is 1. The summed E-state index contributed by atoms with van der Waals surface area (Å²) in [5.74, 6) is 0. The van der Waals surface area contributed by atoms with Crippen molar-refractivity contribution in [3.63, 3.8) is 0 Å². The predicted octanol–water partition coefficient (Wildman–Crippen LogP) is 4.31. The van der Waals surface area contributed by atoms with Gasteiger partial charge in [0.2, 0.25) is 0 Å². The molecular formula is C13H12S. The third-order valence-electron chi connectivity index (χ3n) is 2.13. The number of rotatable bonds is 2. The van der Waals surface area contributed by atoms with E-state index >= 15 is 0 Å². The van der Waals surface area contributed by atoms with Crippen LogP contribution >= 0.6 is 11.3 Å². The van der Waals surface area contributed by atoms with Gasteiger partial charge in [-0.15, -0.1) is 11.3 Å². The molecule has 0 unspecified atom stereocenters. The minimum absolute atomic E-state index is 1.29. The Morgan fingerprint density at radius 3 is 2.50 bits per heavy atom. The maximum atomic E-state index is 2.22. The molecule has 0 N–H and O–H groups in total. The second kappa shape index (κ2) is 4.25. The van der Waals surface area contributed by atoms with E-state index in [1.807, 2.05) is 6.07 Å². The zero-order valence-corrected chi connectivity index (χ0v) is 8.92. The second-order valence-corrected chi connectivity index (χ2v) is 4.19. The fraction of sp³-hybridized carbons (Fsp3) is 0.0769. The molecule has 0 aliphatic carbocycles. The zero-order chi connectivity index (χ0) is 9.80. The average Bonchev–Trinajstić information content (AvgIpc) is 2.72. The highest BCUT2D eigenvalue weighted by molar-refractivity contribution is 7.10. The van der Waals surface area contributed by atoms with Gasteiger partial charge in [0.25, 0.3) is 0 Å². The van der Waals surface area contributed by atoms with Crippen LogP contribution in [0.25, 0.3) is 11.6 Å². The molecule has 1 heteroatoms. The number of allylic oxidation sites excluding steroid dienone is 1. The van der Waals surface area contributed by atoms with Crippen LogP contribution in [0, 0.1) is 0 Å². The minimum atomic E-state index is 1.29. The first-order valence-corrected chi connectivity index (χ1v) is 5.51. The summed E-state index contributed by atoms with van der Waals surface area (Å²) in [5.41, 5.74) is 2.61. The Morgan fingerprint density at radius 1 is 1.07 bits per heavy atom. The Bertz CT molecular complexity index is 410. The van der Waals surface area contributed by atoms with Gasteiger partial charge in [-0.2, -0.15) is 0 Å². The third-order valence-corrected chi connectivity index (χ3v) is 2.95. The number of thiophene rings is 1. The fourth-order valence-electron chi connectivity index (χ4n) is 1.37. The quantitative estimate of drug-likeness (QED) is 0.677. The van der Waals surface area contributed by atoms with E-state index in [0.29, 0.717) is 0 Å². The molecule has 0 aliphatic rings. The van der Waals surface area contributed by atoms with E-state index in [4.69, 9.17) is 0 Å². The van der Waals surface area contributed by atoms with Crippen molar-refractivity contribution in [2.24, 2.45) is 0 Å². The fourth-order valence-corrected chi connectivity index (χ4v) is 2.09. The average molecular weight is 200 g/mol. The molecule has 0 amide bonds. The van der Waals surface area contributed by atoms with Gasteiger partial charge in [-0.1, -0.05) is 36.4 Å². The van der Waals surface area contributed by atoms with Crippen LogP contribution in [0.4, 0.5) is 0 Å². The summed E-state index contributed by atoms with van der Waals surface area (Å²) < 4.78 is 0. The standard InChI is InChI=1S/C13H12S/c1-11(10-13-8-5-9-14-13)12-6-3-2-4-7-12/h2-10H,1H3. The summed E-state index contributed by atoms with van der Waals surface area (Å²) in [6, 6.07) is 14.7. The summed E-state index contributed by atoms with van der Waals surface area (Å²) in [4.78, 5) is 1.31.